The van der Waals surface area contributed by atoms with Gasteiger partial charge in [-0.2, -0.15) is 4.31 Å². The molecule has 6 nitrogen and oxygen atoms in total. The van der Waals surface area contributed by atoms with Crippen LogP contribution in [0.1, 0.15) is 24.8 Å². The molecule has 1 amide bonds. The molecule has 0 atom stereocenters. The van der Waals surface area contributed by atoms with E-state index in [2.05, 4.69) is 5.32 Å². The Morgan fingerprint density at radius 1 is 1.04 bits per heavy atom. The zero-order valence-corrected chi connectivity index (χ0v) is 16.3. The Morgan fingerprint density at radius 2 is 1.68 bits per heavy atom. The van der Waals surface area contributed by atoms with Crippen molar-refractivity contribution in [2.24, 2.45) is 0 Å². The molecule has 1 aliphatic rings. The minimum absolute atomic E-state index is 0.165. The molecule has 0 bridgehead atoms. The molecule has 2 aromatic carbocycles. The molecule has 3 rings (SSSR count). The van der Waals surface area contributed by atoms with Crippen molar-refractivity contribution in [1.82, 2.24) is 9.62 Å². The van der Waals surface area contributed by atoms with Crippen LogP contribution in [0.3, 0.4) is 0 Å². The fourth-order valence-electron chi connectivity index (χ4n) is 2.94. The summed E-state index contributed by atoms with van der Waals surface area (Å²) in [7, 11) is -3.42. The van der Waals surface area contributed by atoms with Gasteiger partial charge < -0.3 is 10.1 Å². The van der Waals surface area contributed by atoms with Gasteiger partial charge in [0, 0.05) is 19.6 Å². The van der Waals surface area contributed by atoms with Crippen LogP contribution in [0.2, 0.25) is 0 Å². The Kier molecular flexibility index (Phi) is 6.64. The Bertz CT molecular complexity index is 893. The van der Waals surface area contributed by atoms with Crippen LogP contribution in [0.25, 0.3) is 0 Å². The van der Waals surface area contributed by atoms with Gasteiger partial charge >= 0.3 is 0 Å². The molecule has 0 radical (unpaired) electrons. The maximum absolute atomic E-state index is 12.8. The third kappa shape index (κ3) is 5.30. The van der Waals surface area contributed by atoms with Crippen molar-refractivity contribution in [3.63, 3.8) is 0 Å². The molecular formula is C20H23FN2O4S. The Morgan fingerprint density at radius 3 is 2.32 bits per heavy atom. The summed E-state index contributed by atoms with van der Waals surface area (Å²) in [5.74, 6) is -0.0239. The minimum Gasteiger partial charge on any atom is -0.493 e. The van der Waals surface area contributed by atoms with Gasteiger partial charge in [0.15, 0.2) is 0 Å². The average Bonchev–Trinajstić information content (AvgIpc) is 3.24. The summed E-state index contributed by atoms with van der Waals surface area (Å²) in [6.07, 6.45) is 1.96. The molecule has 0 saturated carbocycles. The van der Waals surface area contributed by atoms with E-state index in [9.17, 15) is 17.6 Å². The molecule has 1 N–H and O–H groups in total. The molecule has 0 spiro atoms. The smallest absolute Gasteiger partial charge is 0.243 e. The van der Waals surface area contributed by atoms with E-state index in [0.717, 1.165) is 18.4 Å². The van der Waals surface area contributed by atoms with Crippen LogP contribution in [0, 0.1) is 5.82 Å². The van der Waals surface area contributed by atoms with Gasteiger partial charge in [-0.15, -0.1) is 0 Å². The zero-order valence-electron chi connectivity index (χ0n) is 15.4. The van der Waals surface area contributed by atoms with Gasteiger partial charge in [0.05, 0.1) is 17.9 Å². The van der Waals surface area contributed by atoms with E-state index in [4.69, 9.17) is 4.74 Å². The lowest BCUT2D eigenvalue weighted by atomic mass is 10.2. The van der Waals surface area contributed by atoms with Crippen molar-refractivity contribution in [2.45, 2.75) is 30.7 Å². The highest BCUT2D eigenvalue weighted by molar-refractivity contribution is 7.89. The number of carbonyl (C=O) groups excluding carboxylic acids is 1. The SMILES string of the molecule is O=C(CCOc1ccc(F)cc1)NCc1ccc(S(=O)(=O)N2CCCC2)cc1. The van der Waals surface area contributed by atoms with Crippen LogP contribution in [0.15, 0.2) is 53.4 Å². The minimum atomic E-state index is -3.42. The number of nitrogens with zero attached hydrogens (tertiary/aromatic N) is 1. The number of benzene rings is 2. The molecule has 1 fully saturated rings. The lowest BCUT2D eigenvalue weighted by Gasteiger charge is -2.15. The van der Waals surface area contributed by atoms with Gasteiger partial charge in [0.1, 0.15) is 11.6 Å². The van der Waals surface area contributed by atoms with Crippen molar-refractivity contribution < 1.29 is 22.3 Å². The first kappa shape index (κ1) is 20.3. The molecule has 0 aromatic heterocycles. The highest BCUT2D eigenvalue weighted by Gasteiger charge is 2.26. The van der Waals surface area contributed by atoms with Gasteiger partial charge in [-0.05, 0) is 54.8 Å². The van der Waals surface area contributed by atoms with Crippen LogP contribution in [0.4, 0.5) is 4.39 Å². The summed E-state index contributed by atoms with van der Waals surface area (Å²) < 4.78 is 44.7. The van der Waals surface area contributed by atoms with Crippen LogP contribution in [-0.4, -0.2) is 38.3 Å². The average molecular weight is 406 g/mol. The van der Waals surface area contributed by atoms with Crippen LogP contribution < -0.4 is 10.1 Å². The molecule has 28 heavy (non-hydrogen) atoms. The normalized spacial score (nSPS) is 14.8. The summed E-state index contributed by atoms with van der Waals surface area (Å²) in [6.45, 7) is 1.63. The van der Waals surface area contributed by atoms with E-state index in [1.807, 2.05) is 0 Å². The predicted molar refractivity (Wildman–Crippen MR) is 103 cm³/mol. The molecule has 8 heteroatoms. The van der Waals surface area contributed by atoms with E-state index >= 15 is 0 Å². The van der Waals surface area contributed by atoms with E-state index in [0.29, 0.717) is 25.4 Å². The Balaban J connectivity index is 1.44. The first-order chi connectivity index (χ1) is 13.4. The molecule has 1 saturated heterocycles. The van der Waals surface area contributed by atoms with Gasteiger partial charge in [-0.3, -0.25) is 4.79 Å². The van der Waals surface area contributed by atoms with Crippen molar-refractivity contribution in [3.05, 3.63) is 59.9 Å². The number of rotatable bonds is 8. The van der Waals surface area contributed by atoms with E-state index in [1.165, 1.54) is 28.6 Å². The molecule has 2 aromatic rings. The molecule has 0 aliphatic carbocycles. The third-order valence-corrected chi connectivity index (χ3v) is 6.44. The quantitative estimate of drug-likeness (QED) is 0.731. The molecule has 1 heterocycles. The fourth-order valence-corrected chi connectivity index (χ4v) is 4.46. The van der Waals surface area contributed by atoms with Gasteiger partial charge in [0.2, 0.25) is 15.9 Å². The number of carbonyl (C=O) groups is 1. The van der Waals surface area contributed by atoms with E-state index in [-0.39, 0.29) is 29.6 Å². The second-order valence-corrected chi connectivity index (χ2v) is 8.52. The number of halogens is 1. The Hall–Kier alpha value is -2.45. The molecular weight excluding hydrogens is 383 g/mol. The zero-order chi connectivity index (χ0) is 20.0. The number of sulfonamides is 1. The monoisotopic (exact) mass is 406 g/mol. The topological polar surface area (TPSA) is 75.7 Å². The van der Waals surface area contributed by atoms with Gasteiger partial charge in [-0.25, -0.2) is 12.8 Å². The van der Waals surface area contributed by atoms with Crippen molar-refractivity contribution in [3.8, 4) is 5.75 Å². The first-order valence-electron chi connectivity index (χ1n) is 9.19. The lowest BCUT2D eigenvalue weighted by molar-refractivity contribution is -0.121. The van der Waals surface area contributed by atoms with Crippen molar-refractivity contribution in [2.75, 3.05) is 19.7 Å². The highest BCUT2D eigenvalue weighted by Crippen LogP contribution is 2.21. The summed E-state index contributed by atoms with van der Waals surface area (Å²) in [5, 5.41) is 2.77. The number of hydrogen-bond acceptors (Lipinski definition) is 4. The number of nitrogens with one attached hydrogen (secondary N) is 1. The predicted octanol–water partition coefficient (Wildman–Crippen LogP) is 2.70. The molecule has 1 aliphatic heterocycles. The van der Waals surface area contributed by atoms with E-state index < -0.39 is 10.0 Å². The summed E-state index contributed by atoms with van der Waals surface area (Å²) in [4.78, 5) is 12.2. The van der Waals surface area contributed by atoms with Gasteiger partial charge in [-0.1, -0.05) is 12.1 Å². The number of hydrogen-bond donors (Lipinski definition) is 1. The maximum Gasteiger partial charge on any atom is 0.243 e. The third-order valence-electron chi connectivity index (χ3n) is 4.53. The van der Waals surface area contributed by atoms with Crippen LogP contribution in [-0.2, 0) is 21.4 Å². The van der Waals surface area contributed by atoms with Gasteiger partial charge in [0.25, 0.3) is 0 Å². The highest BCUT2D eigenvalue weighted by atomic mass is 32.2. The number of amides is 1. The summed E-state index contributed by atoms with van der Waals surface area (Å²) >= 11 is 0. The summed E-state index contributed by atoms with van der Waals surface area (Å²) in [5.41, 5.74) is 0.813. The summed E-state index contributed by atoms with van der Waals surface area (Å²) in [6, 6.07) is 12.2. The van der Waals surface area contributed by atoms with Crippen LogP contribution >= 0.6 is 0 Å². The molecule has 150 valence electrons. The van der Waals surface area contributed by atoms with Crippen molar-refractivity contribution >= 4 is 15.9 Å². The largest absolute Gasteiger partial charge is 0.493 e. The Labute approximate surface area is 164 Å². The first-order valence-corrected chi connectivity index (χ1v) is 10.6. The van der Waals surface area contributed by atoms with E-state index in [1.54, 1.807) is 24.3 Å². The van der Waals surface area contributed by atoms with Crippen molar-refractivity contribution in [1.29, 1.82) is 0 Å². The lowest BCUT2D eigenvalue weighted by Crippen LogP contribution is -2.28. The second-order valence-electron chi connectivity index (χ2n) is 6.58. The van der Waals surface area contributed by atoms with Crippen LogP contribution in [0.5, 0.6) is 5.75 Å². The number of ether oxygens (including phenoxy) is 1. The fraction of sp³-hybridized carbons (Fsp3) is 0.350. The molecule has 0 unspecified atom stereocenters. The maximum atomic E-state index is 12.8. The second kappa shape index (κ2) is 9.16. The standard InChI is InChI=1S/C20H23FN2O4S/c21-17-5-7-18(8-6-17)27-14-11-20(24)22-15-16-3-9-19(10-4-16)28(25,26)23-12-1-2-13-23/h3-10H,1-2,11-15H2,(H,22,24).